The van der Waals surface area contributed by atoms with Gasteiger partial charge in [0.1, 0.15) is 16.9 Å². The maximum Gasteiger partial charge on any atom is 0.243 e. The maximum atomic E-state index is 13.2. The van der Waals surface area contributed by atoms with E-state index in [2.05, 4.69) is 16.4 Å². The molecule has 1 aromatic heterocycles. The molecule has 1 fully saturated rings. The first-order valence-corrected chi connectivity index (χ1v) is 13.1. The average Bonchev–Trinajstić information content (AvgIpc) is 3.47. The van der Waals surface area contributed by atoms with Crippen molar-refractivity contribution in [3.8, 4) is 10.6 Å². The summed E-state index contributed by atoms with van der Waals surface area (Å²) >= 11 is 1.61. The highest BCUT2D eigenvalue weighted by Crippen LogP contribution is 2.32. The molecule has 34 heavy (non-hydrogen) atoms. The number of anilines is 1. The van der Waals surface area contributed by atoms with Crippen LogP contribution in [-0.2, 0) is 14.8 Å². The zero-order valence-electron chi connectivity index (χ0n) is 18.4. The molecular weight excluding hydrogens is 473 g/mol. The van der Waals surface area contributed by atoms with Crippen LogP contribution < -0.4 is 5.32 Å². The number of nitrogens with one attached hydrogen (secondary N) is 1. The summed E-state index contributed by atoms with van der Waals surface area (Å²) in [5, 5.41) is 3.73. The van der Waals surface area contributed by atoms with Gasteiger partial charge in [-0.1, -0.05) is 6.07 Å². The number of carbonyl (C=O) groups is 1. The van der Waals surface area contributed by atoms with Crippen LogP contribution in [0, 0.1) is 12.7 Å². The maximum absolute atomic E-state index is 13.2. The molecule has 0 radical (unpaired) electrons. The van der Waals surface area contributed by atoms with Crippen LogP contribution in [-0.4, -0.2) is 36.2 Å². The van der Waals surface area contributed by atoms with Crippen LogP contribution in [0.5, 0.6) is 0 Å². The standard InChI is InChI=1S/C25H22FN3O3S2/c1-16-4-13-21-23(15-16)33-25(28-21)17-5-9-19(10-6-17)27-24(30)22-3-2-14-29(22)34(31,32)20-11-7-18(26)8-12-20/h4-13,15,22H,2-3,14H2,1H3,(H,27,30). The number of halogens is 1. The molecule has 1 unspecified atom stereocenters. The third-order valence-electron chi connectivity index (χ3n) is 5.87. The van der Waals surface area contributed by atoms with Gasteiger partial charge in [-0.25, -0.2) is 17.8 Å². The van der Waals surface area contributed by atoms with E-state index in [-0.39, 0.29) is 17.3 Å². The van der Waals surface area contributed by atoms with Crippen LogP contribution in [0.25, 0.3) is 20.8 Å². The second-order valence-corrected chi connectivity index (χ2v) is 11.2. The van der Waals surface area contributed by atoms with E-state index in [0.717, 1.165) is 32.9 Å². The van der Waals surface area contributed by atoms with Gasteiger partial charge in [-0.05, 0) is 86.0 Å². The molecule has 3 aromatic carbocycles. The van der Waals surface area contributed by atoms with Gasteiger partial charge in [0.15, 0.2) is 0 Å². The smallest absolute Gasteiger partial charge is 0.243 e. The number of benzene rings is 3. The minimum absolute atomic E-state index is 0.0241. The molecule has 1 aliphatic heterocycles. The third-order valence-corrected chi connectivity index (χ3v) is 8.86. The van der Waals surface area contributed by atoms with Crippen LogP contribution >= 0.6 is 11.3 Å². The molecule has 5 rings (SSSR count). The molecule has 0 saturated carbocycles. The van der Waals surface area contributed by atoms with E-state index >= 15 is 0 Å². The Kier molecular flexibility index (Phi) is 5.93. The van der Waals surface area contributed by atoms with Gasteiger partial charge in [0.2, 0.25) is 15.9 Å². The van der Waals surface area contributed by atoms with Gasteiger partial charge in [0.25, 0.3) is 0 Å². The largest absolute Gasteiger partial charge is 0.325 e. The molecule has 1 N–H and O–H groups in total. The van der Waals surface area contributed by atoms with Gasteiger partial charge < -0.3 is 5.32 Å². The predicted octanol–water partition coefficient (Wildman–Crippen LogP) is 5.20. The number of rotatable bonds is 5. The predicted molar refractivity (Wildman–Crippen MR) is 132 cm³/mol. The Balaban J connectivity index is 1.32. The van der Waals surface area contributed by atoms with Crippen molar-refractivity contribution < 1.29 is 17.6 Å². The monoisotopic (exact) mass is 495 g/mol. The number of aromatic nitrogens is 1. The average molecular weight is 496 g/mol. The third kappa shape index (κ3) is 4.34. The highest BCUT2D eigenvalue weighted by molar-refractivity contribution is 7.89. The summed E-state index contributed by atoms with van der Waals surface area (Å²) in [5.41, 5.74) is 3.66. The number of aryl methyl sites for hydroxylation is 1. The van der Waals surface area contributed by atoms with Gasteiger partial charge in [0, 0.05) is 17.8 Å². The minimum Gasteiger partial charge on any atom is -0.325 e. The fourth-order valence-electron chi connectivity index (χ4n) is 4.11. The highest BCUT2D eigenvalue weighted by atomic mass is 32.2. The Morgan fingerprint density at radius 2 is 1.82 bits per heavy atom. The summed E-state index contributed by atoms with van der Waals surface area (Å²) in [6.07, 6.45) is 1.00. The molecule has 0 bridgehead atoms. The van der Waals surface area contributed by atoms with Gasteiger partial charge in [-0.2, -0.15) is 4.31 Å². The second kappa shape index (κ2) is 8.90. The normalized spacial score (nSPS) is 16.7. The Hall–Kier alpha value is -3.14. The first kappa shape index (κ1) is 22.6. The van der Waals surface area contributed by atoms with E-state index in [1.54, 1.807) is 23.5 Å². The van der Waals surface area contributed by atoms with Gasteiger partial charge >= 0.3 is 0 Å². The fourth-order valence-corrected chi connectivity index (χ4v) is 6.83. The van der Waals surface area contributed by atoms with Crippen LogP contribution in [0.1, 0.15) is 18.4 Å². The van der Waals surface area contributed by atoms with Crippen molar-refractivity contribution in [1.82, 2.24) is 9.29 Å². The van der Waals surface area contributed by atoms with Crippen molar-refractivity contribution in [2.75, 3.05) is 11.9 Å². The summed E-state index contributed by atoms with van der Waals surface area (Å²) < 4.78 is 41.6. The zero-order chi connectivity index (χ0) is 23.9. The quantitative estimate of drug-likeness (QED) is 0.413. The van der Waals surface area contributed by atoms with E-state index in [4.69, 9.17) is 0 Å². The lowest BCUT2D eigenvalue weighted by Crippen LogP contribution is -2.43. The Labute approximate surface area is 201 Å². The molecular formula is C25H22FN3O3S2. The molecule has 0 spiro atoms. The molecule has 1 amide bonds. The second-order valence-electron chi connectivity index (χ2n) is 8.28. The van der Waals surface area contributed by atoms with Crippen LogP contribution in [0.4, 0.5) is 10.1 Å². The number of hydrogen-bond acceptors (Lipinski definition) is 5. The Morgan fingerprint density at radius 3 is 2.56 bits per heavy atom. The number of sulfonamides is 1. The Morgan fingerprint density at radius 1 is 1.09 bits per heavy atom. The lowest BCUT2D eigenvalue weighted by Gasteiger charge is -2.23. The molecule has 0 aliphatic carbocycles. The van der Waals surface area contributed by atoms with Crippen molar-refractivity contribution >= 4 is 43.2 Å². The molecule has 1 atom stereocenters. The van der Waals surface area contributed by atoms with Gasteiger partial charge in [-0.15, -0.1) is 11.3 Å². The molecule has 9 heteroatoms. The van der Waals surface area contributed by atoms with Crippen molar-refractivity contribution in [2.45, 2.75) is 30.7 Å². The zero-order valence-corrected chi connectivity index (χ0v) is 20.0. The topological polar surface area (TPSA) is 79.4 Å². The summed E-state index contributed by atoms with van der Waals surface area (Å²) in [6, 6.07) is 17.3. The first-order chi connectivity index (χ1) is 16.3. The summed E-state index contributed by atoms with van der Waals surface area (Å²) in [5.74, 6) is -0.898. The minimum atomic E-state index is -3.90. The lowest BCUT2D eigenvalue weighted by atomic mass is 10.2. The van der Waals surface area contributed by atoms with E-state index in [0.29, 0.717) is 18.5 Å². The number of nitrogens with zero attached hydrogens (tertiary/aromatic N) is 2. The number of fused-ring (bicyclic) bond motifs is 1. The van der Waals surface area contributed by atoms with E-state index in [9.17, 15) is 17.6 Å². The van der Waals surface area contributed by atoms with Crippen molar-refractivity contribution in [3.63, 3.8) is 0 Å². The summed E-state index contributed by atoms with van der Waals surface area (Å²) in [6.45, 7) is 2.29. The van der Waals surface area contributed by atoms with Crippen LogP contribution in [0.15, 0.2) is 71.6 Å². The summed E-state index contributed by atoms with van der Waals surface area (Å²) in [4.78, 5) is 17.6. The van der Waals surface area contributed by atoms with Crippen molar-refractivity contribution in [1.29, 1.82) is 0 Å². The van der Waals surface area contributed by atoms with E-state index in [1.165, 1.54) is 22.0 Å². The molecule has 4 aromatic rings. The van der Waals surface area contributed by atoms with Crippen molar-refractivity contribution in [2.24, 2.45) is 0 Å². The highest BCUT2D eigenvalue weighted by Gasteiger charge is 2.39. The van der Waals surface area contributed by atoms with E-state index < -0.39 is 21.9 Å². The van der Waals surface area contributed by atoms with Gasteiger partial charge in [-0.3, -0.25) is 4.79 Å². The first-order valence-electron chi connectivity index (χ1n) is 10.9. The van der Waals surface area contributed by atoms with Crippen LogP contribution in [0.3, 0.4) is 0 Å². The number of amides is 1. The lowest BCUT2D eigenvalue weighted by molar-refractivity contribution is -0.119. The number of thiazole rings is 1. The van der Waals surface area contributed by atoms with Gasteiger partial charge in [0.05, 0.1) is 15.1 Å². The van der Waals surface area contributed by atoms with Crippen LogP contribution in [0.2, 0.25) is 0 Å². The number of hydrogen-bond donors (Lipinski definition) is 1. The van der Waals surface area contributed by atoms with E-state index in [1.807, 2.05) is 31.2 Å². The van der Waals surface area contributed by atoms with Crippen molar-refractivity contribution in [3.05, 3.63) is 78.1 Å². The molecule has 6 nitrogen and oxygen atoms in total. The molecule has 1 aliphatic rings. The molecule has 2 heterocycles. The summed E-state index contributed by atoms with van der Waals surface area (Å²) in [7, 11) is -3.90. The Bertz CT molecular complexity index is 1470. The molecule has 174 valence electrons. The number of carbonyl (C=O) groups excluding carboxylic acids is 1. The SMILES string of the molecule is Cc1ccc2nc(-c3ccc(NC(=O)C4CCCN4S(=O)(=O)c4ccc(F)cc4)cc3)sc2c1. The fraction of sp³-hybridized carbons (Fsp3) is 0.200. The molecule has 1 saturated heterocycles.